The highest BCUT2D eigenvalue weighted by atomic mass is 15.2. The SMILES string of the molecule is CCN(CC1CCC1)C(C)CNc1ccccc1. The molecule has 0 saturated heterocycles. The van der Waals surface area contributed by atoms with Crippen LogP contribution in [0.15, 0.2) is 30.3 Å². The molecule has 2 heteroatoms. The van der Waals surface area contributed by atoms with Gasteiger partial charge < -0.3 is 5.32 Å². The number of anilines is 1. The van der Waals surface area contributed by atoms with Crippen molar-refractivity contribution in [1.82, 2.24) is 4.90 Å². The number of hydrogen-bond donors (Lipinski definition) is 1. The molecule has 0 radical (unpaired) electrons. The van der Waals surface area contributed by atoms with Crippen LogP contribution in [0.3, 0.4) is 0 Å². The molecule has 0 spiro atoms. The van der Waals surface area contributed by atoms with E-state index in [2.05, 4.69) is 54.4 Å². The number of nitrogens with one attached hydrogen (secondary N) is 1. The fourth-order valence-corrected chi connectivity index (χ4v) is 2.58. The predicted molar refractivity (Wildman–Crippen MR) is 79.0 cm³/mol. The quantitative estimate of drug-likeness (QED) is 0.790. The van der Waals surface area contributed by atoms with Crippen LogP contribution in [-0.4, -0.2) is 30.6 Å². The number of nitrogens with zero attached hydrogens (tertiary/aromatic N) is 1. The van der Waals surface area contributed by atoms with Crippen LogP contribution in [0, 0.1) is 5.92 Å². The lowest BCUT2D eigenvalue weighted by atomic mass is 9.85. The van der Waals surface area contributed by atoms with Crippen LogP contribution in [0.1, 0.15) is 33.1 Å². The van der Waals surface area contributed by atoms with E-state index in [-0.39, 0.29) is 0 Å². The van der Waals surface area contributed by atoms with Crippen molar-refractivity contribution in [1.29, 1.82) is 0 Å². The van der Waals surface area contributed by atoms with Gasteiger partial charge in [-0.1, -0.05) is 31.5 Å². The Labute approximate surface area is 111 Å². The molecule has 1 fully saturated rings. The Hall–Kier alpha value is -1.02. The lowest BCUT2D eigenvalue weighted by Crippen LogP contribution is -2.42. The fraction of sp³-hybridized carbons (Fsp3) is 0.625. The number of likely N-dealkylation sites (N-methyl/N-ethyl adjacent to an activating group) is 1. The Balaban J connectivity index is 1.76. The molecule has 1 unspecified atom stereocenters. The zero-order valence-corrected chi connectivity index (χ0v) is 11.7. The van der Waals surface area contributed by atoms with Crippen molar-refractivity contribution in [3.8, 4) is 0 Å². The molecule has 2 nitrogen and oxygen atoms in total. The summed E-state index contributed by atoms with van der Waals surface area (Å²) in [4.78, 5) is 2.61. The molecular formula is C16H26N2. The summed E-state index contributed by atoms with van der Waals surface area (Å²) in [5.74, 6) is 0.962. The molecule has 1 aromatic carbocycles. The maximum atomic E-state index is 3.53. The molecule has 1 atom stereocenters. The van der Waals surface area contributed by atoms with Gasteiger partial charge in [0.1, 0.15) is 0 Å². The zero-order valence-electron chi connectivity index (χ0n) is 11.7. The monoisotopic (exact) mass is 246 g/mol. The Morgan fingerprint density at radius 3 is 2.56 bits per heavy atom. The molecule has 0 heterocycles. The Morgan fingerprint density at radius 1 is 1.28 bits per heavy atom. The van der Waals surface area contributed by atoms with Gasteiger partial charge >= 0.3 is 0 Å². The molecule has 0 aromatic heterocycles. The van der Waals surface area contributed by atoms with Gasteiger partial charge in [-0.25, -0.2) is 0 Å². The van der Waals surface area contributed by atoms with Gasteiger partial charge in [0.05, 0.1) is 0 Å². The highest BCUT2D eigenvalue weighted by Crippen LogP contribution is 2.27. The third kappa shape index (κ3) is 3.74. The van der Waals surface area contributed by atoms with Crippen LogP contribution in [0.5, 0.6) is 0 Å². The maximum Gasteiger partial charge on any atom is 0.0340 e. The van der Waals surface area contributed by atoms with Gasteiger partial charge in [-0.2, -0.15) is 0 Å². The van der Waals surface area contributed by atoms with Crippen molar-refractivity contribution < 1.29 is 0 Å². The molecule has 0 aliphatic heterocycles. The van der Waals surface area contributed by atoms with E-state index in [0.717, 1.165) is 19.0 Å². The summed E-state index contributed by atoms with van der Waals surface area (Å²) < 4.78 is 0. The lowest BCUT2D eigenvalue weighted by Gasteiger charge is -2.35. The number of rotatable bonds is 7. The second-order valence-electron chi connectivity index (χ2n) is 5.48. The van der Waals surface area contributed by atoms with Crippen molar-refractivity contribution in [2.75, 3.05) is 25.0 Å². The molecule has 1 saturated carbocycles. The summed E-state index contributed by atoms with van der Waals surface area (Å²) in [7, 11) is 0. The lowest BCUT2D eigenvalue weighted by molar-refractivity contribution is 0.151. The average Bonchev–Trinajstić information content (AvgIpc) is 2.36. The maximum absolute atomic E-state index is 3.53. The van der Waals surface area contributed by atoms with Crippen molar-refractivity contribution >= 4 is 5.69 Å². The molecule has 1 N–H and O–H groups in total. The van der Waals surface area contributed by atoms with E-state index < -0.39 is 0 Å². The first kappa shape index (κ1) is 13.4. The smallest absolute Gasteiger partial charge is 0.0340 e. The Kier molecular flexibility index (Phi) is 5.06. The summed E-state index contributed by atoms with van der Waals surface area (Å²) in [5, 5.41) is 3.53. The summed E-state index contributed by atoms with van der Waals surface area (Å²) in [6.45, 7) is 8.09. The Bertz CT molecular complexity index is 332. The van der Waals surface area contributed by atoms with Gasteiger partial charge in [-0.05, 0) is 44.4 Å². The highest BCUT2D eigenvalue weighted by molar-refractivity contribution is 5.42. The molecule has 1 aliphatic rings. The van der Waals surface area contributed by atoms with E-state index >= 15 is 0 Å². The topological polar surface area (TPSA) is 15.3 Å². The van der Waals surface area contributed by atoms with E-state index in [4.69, 9.17) is 0 Å². The number of para-hydroxylation sites is 1. The first-order chi connectivity index (χ1) is 8.79. The van der Waals surface area contributed by atoms with Gasteiger partial charge in [0.25, 0.3) is 0 Å². The molecule has 1 aromatic rings. The van der Waals surface area contributed by atoms with Crippen molar-refractivity contribution in [3.05, 3.63) is 30.3 Å². The number of benzene rings is 1. The van der Waals surface area contributed by atoms with Gasteiger partial charge in [0.2, 0.25) is 0 Å². The third-order valence-electron chi connectivity index (χ3n) is 4.12. The minimum Gasteiger partial charge on any atom is -0.383 e. The molecule has 0 amide bonds. The average molecular weight is 246 g/mol. The van der Waals surface area contributed by atoms with Gasteiger partial charge in [0.15, 0.2) is 0 Å². The van der Waals surface area contributed by atoms with Crippen LogP contribution < -0.4 is 5.32 Å². The van der Waals surface area contributed by atoms with Gasteiger partial charge in [-0.15, -0.1) is 0 Å². The van der Waals surface area contributed by atoms with Crippen LogP contribution in [-0.2, 0) is 0 Å². The normalized spacial score (nSPS) is 17.5. The largest absolute Gasteiger partial charge is 0.383 e. The summed E-state index contributed by atoms with van der Waals surface area (Å²) >= 11 is 0. The highest BCUT2D eigenvalue weighted by Gasteiger charge is 2.22. The van der Waals surface area contributed by atoms with Gasteiger partial charge in [-0.3, -0.25) is 4.90 Å². The minimum atomic E-state index is 0.607. The minimum absolute atomic E-state index is 0.607. The van der Waals surface area contributed by atoms with Crippen LogP contribution in [0.4, 0.5) is 5.69 Å². The molecule has 0 bridgehead atoms. The summed E-state index contributed by atoms with van der Waals surface area (Å²) in [6, 6.07) is 11.1. The van der Waals surface area contributed by atoms with E-state index in [1.165, 1.54) is 31.5 Å². The Morgan fingerprint density at radius 2 is 2.00 bits per heavy atom. The number of hydrogen-bond acceptors (Lipinski definition) is 2. The fourth-order valence-electron chi connectivity index (χ4n) is 2.58. The molecule has 18 heavy (non-hydrogen) atoms. The standard InChI is InChI=1S/C16H26N2/c1-3-18(13-15-8-7-9-15)14(2)12-17-16-10-5-4-6-11-16/h4-6,10-11,14-15,17H,3,7-9,12-13H2,1-2H3. The van der Waals surface area contributed by atoms with E-state index in [0.29, 0.717) is 6.04 Å². The van der Waals surface area contributed by atoms with Crippen LogP contribution in [0.25, 0.3) is 0 Å². The summed E-state index contributed by atoms with van der Waals surface area (Å²) in [6.07, 6.45) is 4.32. The second-order valence-corrected chi connectivity index (χ2v) is 5.48. The van der Waals surface area contributed by atoms with Crippen LogP contribution in [0.2, 0.25) is 0 Å². The van der Waals surface area contributed by atoms with Gasteiger partial charge in [0, 0.05) is 24.8 Å². The third-order valence-corrected chi connectivity index (χ3v) is 4.12. The molecule has 2 rings (SSSR count). The predicted octanol–water partition coefficient (Wildman–Crippen LogP) is 3.61. The molecule has 100 valence electrons. The second kappa shape index (κ2) is 6.79. The van der Waals surface area contributed by atoms with E-state index in [9.17, 15) is 0 Å². The molecule has 1 aliphatic carbocycles. The zero-order chi connectivity index (χ0) is 12.8. The van der Waals surface area contributed by atoms with Crippen molar-refractivity contribution in [2.24, 2.45) is 5.92 Å². The summed E-state index contributed by atoms with van der Waals surface area (Å²) in [5.41, 5.74) is 1.23. The first-order valence-corrected chi connectivity index (χ1v) is 7.32. The van der Waals surface area contributed by atoms with Crippen LogP contribution >= 0.6 is 0 Å². The first-order valence-electron chi connectivity index (χ1n) is 7.32. The van der Waals surface area contributed by atoms with Crippen molar-refractivity contribution in [2.45, 2.75) is 39.2 Å². The van der Waals surface area contributed by atoms with E-state index in [1.54, 1.807) is 0 Å². The van der Waals surface area contributed by atoms with E-state index in [1.807, 2.05) is 0 Å². The molecular weight excluding hydrogens is 220 g/mol. The van der Waals surface area contributed by atoms with Crippen molar-refractivity contribution in [3.63, 3.8) is 0 Å².